The van der Waals surface area contributed by atoms with Crippen molar-refractivity contribution >= 4 is 17.0 Å². The maximum absolute atomic E-state index is 13.3. The number of rotatable bonds is 3. The molecule has 1 N–H and O–H groups in total. The van der Waals surface area contributed by atoms with Crippen LogP contribution in [0.1, 0.15) is 87.7 Å². The molecule has 0 spiro atoms. The summed E-state index contributed by atoms with van der Waals surface area (Å²) in [6.45, 7) is 2.43. The van der Waals surface area contributed by atoms with E-state index in [1.807, 2.05) is 24.3 Å². The second kappa shape index (κ2) is 8.23. The summed E-state index contributed by atoms with van der Waals surface area (Å²) in [5.41, 5.74) is 0.566. The fourth-order valence-electron chi connectivity index (χ4n) is 8.24. The van der Waals surface area contributed by atoms with Crippen molar-refractivity contribution in [1.29, 1.82) is 0 Å². The van der Waals surface area contributed by atoms with Gasteiger partial charge in [0.15, 0.2) is 0 Å². The molecule has 2 saturated heterocycles. The Morgan fingerprint density at radius 1 is 0.909 bits per heavy atom. The van der Waals surface area contributed by atoms with Crippen molar-refractivity contribution in [2.45, 2.75) is 95.3 Å². The van der Waals surface area contributed by atoms with Crippen molar-refractivity contribution in [3.8, 4) is 0 Å². The number of hydrogen-bond donors (Lipinski definition) is 1. The second-order valence-electron chi connectivity index (χ2n) is 11.4. The highest BCUT2D eigenvalue weighted by molar-refractivity contribution is 5.88. The van der Waals surface area contributed by atoms with E-state index < -0.39 is 11.5 Å². The van der Waals surface area contributed by atoms with Crippen molar-refractivity contribution < 1.29 is 9.90 Å². The molecule has 4 bridgehead atoms. The van der Waals surface area contributed by atoms with E-state index in [1.54, 1.807) is 4.57 Å². The van der Waals surface area contributed by atoms with Gasteiger partial charge in [-0.1, -0.05) is 25.5 Å². The normalized spacial score (nSPS) is 36.6. The lowest BCUT2D eigenvalue weighted by molar-refractivity contribution is -0.0525. The lowest BCUT2D eigenvalue weighted by atomic mass is 9.65. The number of benzene rings is 1. The molecule has 5 atom stereocenters. The van der Waals surface area contributed by atoms with Crippen LogP contribution in [0.5, 0.6) is 0 Å². The molecule has 2 aromatic rings. The van der Waals surface area contributed by atoms with Gasteiger partial charge in [-0.3, -0.25) is 9.69 Å². The van der Waals surface area contributed by atoms with Crippen LogP contribution >= 0.6 is 0 Å². The molecule has 0 amide bonds. The molecule has 4 fully saturated rings. The SMILES string of the molecule is CC1CC2CC(C1)CC(N1[C@@H]3CCC[C@H]1CC(n1c(=O)c(C(=O)O)nc4ccccc41)C3)C2. The van der Waals surface area contributed by atoms with E-state index in [0.717, 1.165) is 36.1 Å². The first-order valence-electron chi connectivity index (χ1n) is 13.0. The third-order valence-electron chi connectivity index (χ3n) is 9.14. The molecule has 2 saturated carbocycles. The van der Waals surface area contributed by atoms with Crippen LogP contribution in [-0.2, 0) is 0 Å². The molecule has 2 aliphatic heterocycles. The monoisotopic (exact) mass is 449 g/mol. The zero-order valence-corrected chi connectivity index (χ0v) is 19.5. The van der Waals surface area contributed by atoms with Crippen molar-refractivity contribution in [2.24, 2.45) is 17.8 Å². The average Bonchev–Trinajstić information content (AvgIpc) is 2.77. The van der Waals surface area contributed by atoms with Gasteiger partial charge in [-0.05, 0) is 87.7 Å². The minimum absolute atomic E-state index is 0.0400. The number of fused-ring (bicyclic) bond motifs is 5. The molecule has 1 aromatic carbocycles. The molecule has 3 unspecified atom stereocenters. The molecule has 6 nitrogen and oxygen atoms in total. The van der Waals surface area contributed by atoms with Gasteiger partial charge in [0.25, 0.3) is 5.56 Å². The lowest BCUT2D eigenvalue weighted by Crippen LogP contribution is -2.59. The van der Waals surface area contributed by atoms with Gasteiger partial charge in [-0.15, -0.1) is 0 Å². The first-order chi connectivity index (χ1) is 16.0. The van der Waals surface area contributed by atoms with E-state index in [9.17, 15) is 14.7 Å². The predicted molar refractivity (Wildman–Crippen MR) is 128 cm³/mol. The average molecular weight is 450 g/mol. The number of para-hydroxylation sites is 2. The number of carboxylic acid groups (broad SMARTS) is 1. The van der Waals surface area contributed by atoms with Gasteiger partial charge in [0.2, 0.25) is 5.69 Å². The highest BCUT2D eigenvalue weighted by Gasteiger charge is 2.46. The zero-order valence-electron chi connectivity index (χ0n) is 19.5. The van der Waals surface area contributed by atoms with E-state index in [2.05, 4.69) is 16.8 Å². The Balaban J connectivity index is 1.33. The Bertz CT molecular complexity index is 1100. The van der Waals surface area contributed by atoms with Gasteiger partial charge in [-0.2, -0.15) is 0 Å². The summed E-state index contributed by atoms with van der Waals surface area (Å²) >= 11 is 0. The van der Waals surface area contributed by atoms with Crippen LogP contribution in [-0.4, -0.2) is 43.7 Å². The molecule has 33 heavy (non-hydrogen) atoms. The fourth-order valence-corrected chi connectivity index (χ4v) is 8.24. The summed E-state index contributed by atoms with van der Waals surface area (Å²) in [5.74, 6) is 1.43. The molecular weight excluding hydrogens is 414 g/mol. The lowest BCUT2D eigenvalue weighted by Gasteiger charge is -2.55. The number of nitrogens with zero attached hydrogens (tertiary/aromatic N) is 3. The summed E-state index contributed by atoms with van der Waals surface area (Å²) in [4.78, 5) is 32.1. The van der Waals surface area contributed by atoms with Crippen LogP contribution in [0.2, 0.25) is 0 Å². The smallest absolute Gasteiger partial charge is 0.360 e. The van der Waals surface area contributed by atoms with Gasteiger partial charge in [-0.25, -0.2) is 9.78 Å². The van der Waals surface area contributed by atoms with Gasteiger partial charge < -0.3 is 9.67 Å². The molecule has 3 heterocycles. The molecule has 176 valence electrons. The largest absolute Gasteiger partial charge is 0.476 e. The van der Waals surface area contributed by atoms with Crippen molar-refractivity contribution in [1.82, 2.24) is 14.5 Å². The van der Waals surface area contributed by atoms with Gasteiger partial charge in [0.05, 0.1) is 11.0 Å². The summed E-state index contributed by atoms with van der Waals surface area (Å²) in [6.07, 6.45) is 12.4. The highest BCUT2D eigenvalue weighted by Crippen LogP contribution is 2.48. The molecular formula is C27H35N3O3. The Morgan fingerprint density at radius 2 is 1.58 bits per heavy atom. The topological polar surface area (TPSA) is 75.4 Å². The number of hydrogen-bond acceptors (Lipinski definition) is 4. The number of carbonyl (C=O) groups is 1. The van der Waals surface area contributed by atoms with E-state index >= 15 is 0 Å². The Morgan fingerprint density at radius 3 is 2.24 bits per heavy atom. The van der Waals surface area contributed by atoms with Gasteiger partial charge in [0, 0.05) is 24.2 Å². The van der Waals surface area contributed by atoms with Crippen LogP contribution in [0.15, 0.2) is 29.1 Å². The Hall–Kier alpha value is -2.21. The molecule has 6 heteroatoms. The standard InChI is InChI=1S/C27H35N3O3/c1-16-9-17-11-18(10-16)13-21(12-17)29-19-5-4-6-20(29)15-22(14-19)30-24-8-3-2-7-23(24)28-25(26(30)31)27(32)33/h2-3,7-8,16-22H,4-6,9-15H2,1H3,(H,32,33)/t16?,17?,18?,19-,20+,21?,22?. The Kier molecular flexibility index (Phi) is 5.32. The van der Waals surface area contributed by atoms with Crippen LogP contribution in [0.4, 0.5) is 0 Å². The number of aromatic nitrogens is 2. The number of aromatic carboxylic acids is 1. The number of piperidine rings is 2. The fraction of sp³-hybridized carbons (Fsp3) is 0.667. The third-order valence-corrected chi connectivity index (χ3v) is 9.14. The third kappa shape index (κ3) is 3.71. The molecule has 4 aliphatic rings. The van der Waals surface area contributed by atoms with Crippen LogP contribution in [0.3, 0.4) is 0 Å². The highest BCUT2D eigenvalue weighted by atomic mass is 16.4. The molecule has 0 radical (unpaired) electrons. The molecule has 2 aliphatic carbocycles. The van der Waals surface area contributed by atoms with E-state index in [4.69, 9.17) is 0 Å². The first-order valence-corrected chi connectivity index (χ1v) is 13.0. The van der Waals surface area contributed by atoms with Crippen molar-refractivity contribution in [2.75, 3.05) is 0 Å². The summed E-state index contributed by atoms with van der Waals surface area (Å²) < 4.78 is 1.78. The summed E-state index contributed by atoms with van der Waals surface area (Å²) in [7, 11) is 0. The first kappa shape index (κ1) is 21.3. The predicted octanol–water partition coefficient (Wildman–Crippen LogP) is 4.87. The summed E-state index contributed by atoms with van der Waals surface area (Å²) in [6, 6.07) is 9.23. The second-order valence-corrected chi connectivity index (χ2v) is 11.4. The summed E-state index contributed by atoms with van der Waals surface area (Å²) in [5, 5.41) is 9.63. The van der Waals surface area contributed by atoms with E-state index in [-0.39, 0.29) is 11.7 Å². The number of carboxylic acids is 1. The van der Waals surface area contributed by atoms with Crippen LogP contribution in [0, 0.1) is 17.8 Å². The molecule has 6 rings (SSSR count). The zero-order chi connectivity index (χ0) is 22.7. The van der Waals surface area contributed by atoms with Crippen molar-refractivity contribution in [3.63, 3.8) is 0 Å². The van der Waals surface area contributed by atoms with Crippen molar-refractivity contribution in [3.05, 3.63) is 40.3 Å². The van der Waals surface area contributed by atoms with Gasteiger partial charge in [0.1, 0.15) is 0 Å². The van der Waals surface area contributed by atoms with E-state index in [1.165, 1.54) is 51.4 Å². The maximum atomic E-state index is 13.3. The maximum Gasteiger partial charge on any atom is 0.360 e. The Labute approximate surface area is 195 Å². The molecule has 1 aromatic heterocycles. The van der Waals surface area contributed by atoms with Gasteiger partial charge >= 0.3 is 5.97 Å². The minimum atomic E-state index is -1.24. The van der Waals surface area contributed by atoms with E-state index in [0.29, 0.717) is 23.6 Å². The minimum Gasteiger partial charge on any atom is -0.476 e. The van der Waals surface area contributed by atoms with Crippen LogP contribution < -0.4 is 5.56 Å². The van der Waals surface area contributed by atoms with Crippen LogP contribution in [0.25, 0.3) is 11.0 Å². The quantitative estimate of drug-likeness (QED) is 0.724.